The van der Waals surface area contributed by atoms with Gasteiger partial charge >= 0.3 is 0 Å². The van der Waals surface area contributed by atoms with Crippen molar-refractivity contribution < 1.29 is 4.79 Å². The third kappa shape index (κ3) is 3.62. The lowest BCUT2D eigenvalue weighted by Crippen LogP contribution is -2.34. The predicted octanol–water partition coefficient (Wildman–Crippen LogP) is 4.92. The van der Waals surface area contributed by atoms with Crippen LogP contribution < -0.4 is 16.4 Å². The van der Waals surface area contributed by atoms with Gasteiger partial charge in [-0.1, -0.05) is 42.8 Å². The van der Waals surface area contributed by atoms with Gasteiger partial charge in [0, 0.05) is 34.1 Å². The van der Waals surface area contributed by atoms with Gasteiger partial charge in [-0.2, -0.15) is 5.10 Å². The van der Waals surface area contributed by atoms with E-state index in [9.17, 15) is 4.79 Å². The fourth-order valence-corrected chi connectivity index (χ4v) is 4.36. The van der Waals surface area contributed by atoms with E-state index in [0.717, 1.165) is 59.2 Å². The number of hydrogen-bond donors (Lipinski definition) is 4. The van der Waals surface area contributed by atoms with Crippen molar-refractivity contribution >= 4 is 44.8 Å². The third-order valence-electron chi connectivity index (χ3n) is 5.96. The van der Waals surface area contributed by atoms with E-state index < -0.39 is 0 Å². The molecule has 1 aliphatic carbocycles. The normalized spacial score (nSPS) is 19.1. The molecule has 0 unspecified atom stereocenters. The molecule has 1 aromatic heterocycles. The number of aromatic amines is 1. The first-order valence-corrected chi connectivity index (χ1v) is 10.5. The Labute approximate surface area is 174 Å². The van der Waals surface area contributed by atoms with E-state index in [2.05, 4.69) is 39.0 Å². The number of anilines is 3. The van der Waals surface area contributed by atoms with Crippen LogP contribution in [0.5, 0.6) is 0 Å². The molecule has 1 amide bonds. The highest BCUT2D eigenvalue weighted by molar-refractivity contribution is 6.01. The lowest BCUT2D eigenvalue weighted by molar-refractivity contribution is -0.120. The Balaban J connectivity index is 1.41. The summed E-state index contributed by atoms with van der Waals surface area (Å²) in [7, 11) is 0. The van der Waals surface area contributed by atoms with Crippen molar-refractivity contribution in [3.05, 3.63) is 60.7 Å². The van der Waals surface area contributed by atoms with Crippen LogP contribution in [0, 0.1) is 5.92 Å². The van der Waals surface area contributed by atoms with Crippen LogP contribution in [0.4, 0.5) is 17.2 Å². The summed E-state index contributed by atoms with van der Waals surface area (Å²) in [6.45, 7) is 0. The molecule has 3 aromatic carbocycles. The zero-order valence-corrected chi connectivity index (χ0v) is 16.7. The summed E-state index contributed by atoms with van der Waals surface area (Å²) in [5.74, 6) is 0.774. The lowest BCUT2D eigenvalue weighted by Gasteiger charge is -2.25. The molecular weight excluding hydrogens is 374 g/mol. The van der Waals surface area contributed by atoms with Gasteiger partial charge in [-0.25, -0.2) is 0 Å². The number of nitrogens with two attached hydrogens (primary N) is 1. The number of aromatic nitrogens is 2. The molecule has 2 atom stereocenters. The van der Waals surface area contributed by atoms with Crippen molar-refractivity contribution in [3.8, 4) is 0 Å². The van der Waals surface area contributed by atoms with Crippen molar-refractivity contribution in [2.45, 2.75) is 31.7 Å². The summed E-state index contributed by atoms with van der Waals surface area (Å²) in [6, 6.07) is 20.3. The molecule has 152 valence electrons. The molecule has 6 nitrogen and oxygen atoms in total. The van der Waals surface area contributed by atoms with Crippen molar-refractivity contribution in [3.63, 3.8) is 0 Å². The van der Waals surface area contributed by atoms with Crippen LogP contribution in [0.1, 0.15) is 25.7 Å². The van der Waals surface area contributed by atoms with Crippen LogP contribution in [0.2, 0.25) is 0 Å². The maximum absolute atomic E-state index is 12.7. The summed E-state index contributed by atoms with van der Waals surface area (Å²) in [4.78, 5) is 12.7. The quantitative estimate of drug-likeness (QED) is 0.392. The number of benzene rings is 3. The number of hydrogen-bond acceptors (Lipinski definition) is 4. The fourth-order valence-electron chi connectivity index (χ4n) is 4.36. The van der Waals surface area contributed by atoms with E-state index in [1.807, 2.05) is 42.5 Å². The van der Waals surface area contributed by atoms with Gasteiger partial charge in [0.25, 0.3) is 0 Å². The van der Waals surface area contributed by atoms with E-state index in [1.165, 1.54) is 5.39 Å². The van der Waals surface area contributed by atoms with E-state index in [0.29, 0.717) is 0 Å². The van der Waals surface area contributed by atoms with Gasteiger partial charge < -0.3 is 16.4 Å². The summed E-state index contributed by atoms with van der Waals surface area (Å²) in [6.07, 6.45) is 3.68. The molecule has 6 heteroatoms. The Kier molecular flexibility index (Phi) is 4.85. The lowest BCUT2D eigenvalue weighted by atomic mass is 9.85. The molecule has 4 aromatic rings. The Bertz CT molecular complexity index is 1210. The predicted molar refractivity (Wildman–Crippen MR) is 122 cm³/mol. The van der Waals surface area contributed by atoms with Crippen LogP contribution in [-0.2, 0) is 4.79 Å². The Morgan fingerprint density at radius 2 is 1.90 bits per heavy atom. The SMILES string of the molecule is N[C@@H]1CCC[C@H](C(=O)Nc2ccc3[nH]nc(Nc4cccc5ccccc45)c3c2)C1. The number of nitrogens with one attached hydrogen (secondary N) is 3. The molecular formula is C24H25N5O. The van der Waals surface area contributed by atoms with Gasteiger partial charge in [-0.3, -0.25) is 9.89 Å². The molecule has 5 rings (SSSR count). The van der Waals surface area contributed by atoms with E-state index >= 15 is 0 Å². The Morgan fingerprint density at radius 1 is 1.03 bits per heavy atom. The number of amides is 1. The maximum Gasteiger partial charge on any atom is 0.227 e. The number of H-pyrrole nitrogens is 1. The van der Waals surface area contributed by atoms with Gasteiger partial charge in [-0.15, -0.1) is 0 Å². The second-order valence-corrected chi connectivity index (χ2v) is 8.10. The zero-order valence-electron chi connectivity index (χ0n) is 16.7. The molecule has 0 bridgehead atoms. The van der Waals surface area contributed by atoms with Crippen LogP contribution >= 0.6 is 0 Å². The van der Waals surface area contributed by atoms with E-state index in [-0.39, 0.29) is 17.9 Å². The van der Waals surface area contributed by atoms with Gasteiger partial charge in [0.2, 0.25) is 5.91 Å². The average Bonchev–Trinajstić information content (AvgIpc) is 3.16. The number of fused-ring (bicyclic) bond motifs is 2. The highest BCUT2D eigenvalue weighted by atomic mass is 16.1. The molecule has 1 fully saturated rings. The molecule has 1 aliphatic rings. The Hall–Kier alpha value is -3.38. The van der Waals surface area contributed by atoms with Crippen LogP contribution in [0.25, 0.3) is 21.7 Å². The second kappa shape index (κ2) is 7.80. The molecule has 5 N–H and O–H groups in total. The minimum Gasteiger partial charge on any atom is -0.338 e. The fraction of sp³-hybridized carbons (Fsp3) is 0.250. The van der Waals surface area contributed by atoms with Crippen molar-refractivity contribution in [1.29, 1.82) is 0 Å². The van der Waals surface area contributed by atoms with Gasteiger partial charge in [0.05, 0.1) is 5.52 Å². The largest absolute Gasteiger partial charge is 0.338 e. The first kappa shape index (κ1) is 18.6. The smallest absolute Gasteiger partial charge is 0.227 e. The topological polar surface area (TPSA) is 95.8 Å². The van der Waals surface area contributed by atoms with Crippen LogP contribution in [0.15, 0.2) is 60.7 Å². The standard InChI is InChI=1S/C24H25N5O/c25-17-8-3-7-16(13-17)24(30)26-18-11-12-22-20(14-18)23(29-28-22)27-21-10-4-6-15-5-1-2-9-19(15)21/h1-2,4-6,9-12,14,16-17H,3,7-8,13,25H2,(H,26,30)(H2,27,28,29)/t16-,17+/m0/s1. The van der Waals surface area contributed by atoms with Crippen molar-refractivity contribution in [2.24, 2.45) is 11.7 Å². The third-order valence-corrected chi connectivity index (χ3v) is 5.96. The first-order chi connectivity index (χ1) is 14.7. The van der Waals surface area contributed by atoms with Gasteiger partial charge in [0.1, 0.15) is 0 Å². The average molecular weight is 399 g/mol. The van der Waals surface area contributed by atoms with Gasteiger partial charge in [-0.05, 0) is 48.9 Å². The highest BCUT2D eigenvalue weighted by Gasteiger charge is 2.25. The second-order valence-electron chi connectivity index (χ2n) is 8.10. The summed E-state index contributed by atoms with van der Waals surface area (Å²) >= 11 is 0. The number of carbonyl (C=O) groups excluding carboxylic acids is 1. The van der Waals surface area contributed by atoms with Crippen LogP contribution in [0.3, 0.4) is 0 Å². The van der Waals surface area contributed by atoms with Crippen LogP contribution in [-0.4, -0.2) is 22.1 Å². The zero-order chi connectivity index (χ0) is 20.5. The highest BCUT2D eigenvalue weighted by Crippen LogP contribution is 2.31. The molecule has 0 saturated heterocycles. The molecule has 0 aliphatic heterocycles. The monoisotopic (exact) mass is 399 g/mol. The summed E-state index contributed by atoms with van der Waals surface area (Å²) in [5.41, 5.74) is 8.73. The number of rotatable bonds is 4. The first-order valence-electron chi connectivity index (χ1n) is 10.5. The van der Waals surface area contributed by atoms with Crippen molar-refractivity contribution in [1.82, 2.24) is 10.2 Å². The number of carbonyl (C=O) groups is 1. The summed E-state index contributed by atoms with van der Waals surface area (Å²) in [5, 5.41) is 17.3. The molecule has 30 heavy (non-hydrogen) atoms. The molecule has 1 saturated carbocycles. The molecule has 0 spiro atoms. The molecule has 0 radical (unpaired) electrons. The maximum atomic E-state index is 12.7. The molecule has 1 heterocycles. The van der Waals surface area contributed by atoms with Gasteiger partial charge in [0.15, 0.2) is 5.82 Å². The summed E-state index contributed by atoms with van der Waals surface area (Å²) < 4.78 is 0. The Morgan fingerprint density at radius 3 is 2.80 bits per heavy atom. The van der Waals surface area contributed by atoms with E-state index in [1.54, 1.807) is 0 Å². The minimum atomic E-state index is -0.0120. The van der Waals surface area contributed by atoms with Crippen molar-refractivity contribution in [2.75, 3.05) is 10.6 Å². The minimum absolute atomic E-state index is 0.0120. The number of nitrogens with zero attached hydrogens (tertiary/aromatic N) is 1. The van der Waals surface area contributed by atoms with E-state index in [4.69, 9.17) is 5.73 Å².